The van der Waals surface area contributed by atoms with Gasteiger partial charge in [0.2, 0.25) is 29.5 Å². The van der Waals surface area contributed by atoms with Crippen LogP contribution in [0.1, 0.15) is 51.0 Å². The number of carbonyl (C=O) groups is 6. The molecule has 1 heterocycles. The van der Waals surface area contributed by atoms with Gasteiger partial charge in [-0.05, 0) is 56.7 Å². The van der Waals surface area contributed by atoms with Crippen LogP contribution in [0.2, 0.25) is 0 Å². The third-order valence-electron chi connectivity index (χ3n) is 7.49. The summed E-state index contributed by atoms with van der Waals surface area (Å²) in [6.45, 7) is 1.52. The van der Waals surface area contributed by atoms with Crippen molar-refractivity contribution in [2.24, 2.45) is 27.9 Å². The highest BCUT2D eigenvalue weighted by atomic mass is 16.4. The first kappa shape index (κ1) is 38.2. The third kappa shape index (κ3) is 12.4. The molecule has 6 atom stereocenters. The topological polar surface area (TPSA) is 319 Å². The molecular formula is C29H45N9O9. The maximum Gasteiger partial charge on any atom is 0.328 e. The summed E-state index contributed by atoms with van der Waals surface area (Å²) in [5.41, 5.74) is 22.5. The number of aliphatic imine (C=N–C) groups is 1. The van der Waals surface area contributed by atoms with Crippen LogP contribution in [-0.2, 0) is 35.2 Å². The van der Waals surface area contributed by atoms with Gasteiger partial charge in [0.25, 0.3) is 0 Å². The van der Waals surface area contributed by atoms with Crippen molar-refractivity contribution in [3.63, 3.8) is 0 Å². The molecular weight excluding hydrogens is 618 g/mol. The van der Waals surface area contributed by atoms with Gasteiger partial charge in [0, 0.05) is 25.9 Å². The van der Waals surface area contributed by atoms with E-state index in [2.05, 4.69) is 20.9 Å². The molecule has 1 aromatic carbocycles. The Kier molecular flexibility index (Phi) is 14.8. The highest BCUT2D eigenvalue weighted by molar-refractivity contribution is 5.96. The van der Waals surface area contributed by atoms with Crippen LogP contribution in [0.25, 0.3) is 0 Å². The Morgan fingerprint density at radius 3 is 2.19 bits per heavy atom. The lowest BCUT2D eigenvalue weighted by atomic mass is 10.0. The number of likely N-dealkylation sites (tertiary alicyclic amines) is 1. The number of guanidine groups is 1. The molecule has 0 aliphatic carbocycles. The minimum absolute atomic E-state index is 0.0222. The van der Waals surface area contributed by atoms with Gasteiger partial charge < -0.3 is 59.1 Å². The fourth-order valence-electron chi connectivity index (χ4n) is 4.96. The van der Waals surface area contributed by atoms with Crippen molar-refractivity contribution < 1.29 is 44.1 Å². The molecule has 18 nitrogen and oxygen atoms in total. The number of aromatic hydroxyl groups is 1. The number of amides is 5. The Bertz CT molecular complexity index is 1300. The Labute approximate surface area is 271 Å². The van der Waals surface area contributed by atoms with Crippen molar-refractivity contribution in [1.82, 2.24) is 20.9 Å². The standard InChI is InChI=1S/C29H45N9O9/c1-15(39)23(28(46)47)37-26(44)21-5-3-13-38(21)27(45)19(10-11-22(31)41)35-25(43)20(14-16-6-8-17(40)9-7-16)36-24(42)18(30)4-2-12-34-29(32)33/h6-9,15,18-21,23,39-40H,2-5,10-14,30H2,1H3,(H2,31,41)(H,35,43)(H,36,42)(H,37,44)(H,46,47)(H4,32,33,34)/t15-,18+,19+,20+,21+,23+/m1/s1. The van der Waals surface area contributed by atoms with E-state index < -0.39 is 71.8 Å². The highest BCUT2D eigenvalue weighted by Crippen LogP contribution is 2.20. The Morgan fingerprint density at radius 1 is 0.979 bits per heavy atom. The number of nitrogens with two attached hydrogens (primary N) is 4. The van der Waals surface area contributed by atoms with E-state index in [0.717, 1.165) is 0 Å². The van der Waals surface area contributed by atoms with Crippen LogP contribution < -0.4 is 38.9 Å². The van der Waals surface area contributed by atoms with Gasteiger partial charge in [-0.1, -0.05) is 12.1 Å². The van der Waals surface area contributed by atoms with Gasteiger partial charge in [0.15, 0.2) is 12.0 Å². The van der Waals surface area contributed by atoms with Crippen LogP contribution in [0.15, 0.2) is 29.3 Å². The summed E-state index contributed by atoms with van der Waals surface area (Å²) in [4.78, 5) is 81.6. The Balaban J connectivity index is 2.28. The maximum atomic E-state index is 13.8. The largest absolute Gasteiger partial charge is 0.508 e. The molecule has 1 aromatic rings. The number of aliphatic carboxylic acids is 1. The van der Waals surface area contributed by atoms with Crippen molar-refractivity contribution in [2.75, 3.05) is 13.1 Å². The monoisotopic (exact) mass is 663 g/mol. The molecule has 18 heteroatoms. The summed E-state index contributed by atoms with van der Waals surface area (Å²) < 4.78 is 0. The van der Waals surface area contributed by atoms with Crippen LogP contribution in [0.5, 0.6) is 5.75 Å². The smallest absolute Gasteiger partial charge is 0.328 e. The van der Waals surface area contributed by atoms with Crippen LogP contribution in [0, 0.1) is 0 Å². The van der Waals surface area contributed by atoms with E-state index in [9.17, 15) is 44.1 Å². The SMILES string of the molecule is C[C@@H](O)[C@H](NC(=O)[C@@H]1CCCN1C(=O)[C@H](CCC(N)=O)NC(=O)[C@H](Cc1ccc(O)cc1)NC(=O)[C@@H](N)CCCN=C(N)N)C(=O)O. The number of phenols is 1. The molecule has 1 fully saturated rings. The number of hydrogen-bond donors (Lipinski definition) is 10. The Hall–Kier alpha value is -4.97. The number of nitrogens with zero attached hydrogens (tertiary/aromatic N) is 2. The third-order valence-corrected chi connectivity index (χ3v) is 7.49. The molecule has 14 N–H and O–H groups in total. The van der Waals surface area contributed by atoms with Gasteiger partial charge in [-0.2, -0.15) is 0 Å². The Morgan fingerprint density at radius 2 is 1.62 bits per heavy atom. The fraction of sp³-hybridized carbons (Fsp3) is 0.552. The lowest BCUT2D eigenvalue weighted by Gasteiger charge is -2.30. The summed E-state index contributed by atoms with van der Waals surface area (Å²) in [6, 6.07) is -0.519. The average molecular weight is 664 g/mol. The van der Waals surface area contributed by atoms with Gasteiger partial charge in [0.05, 0.1) is 12.1 Å². The van der Waals surface area contributed by atoms with Crippen molar-refractivity contribution in [3.05, 3.63) is 29.8 Å². The van der Waals surface area contributed by atoms with Crippen LogP contribution >= 0.6 is 0 Å². The number of aliphatic hydroxyl groups is 1. The zero-order valence-corrected chi connectivity index (χ0v) is 26.1. The quantitative estimate of drug-likeness (QED) is 0.0415. The molecule has 0 saturated carbocycles. The molecule has 0 unspecified atom stereocenters. The fourth-order valence-corrected chi connectivity index (χ4v) is 4.96. The minimum Gasteiger partial charge on any atom is -0.508 e. The van der Waals surface area contributed by atoms with Gasteiger partial charge in [-0.15, -0.1) is 0 Å². The first-order valence-corrected chi connectivity index (χ1v) is 15.1. The minimum atomic E-state index is -1.62. The zero-order chi connectivity index (χ0) is 35.3. The van der Waals surface area contributed by atoms with E-state index in [-0.39, 0.29) is 56.9 Å². The second-order valence-corrected chi connectivity index (χ2v) is 11.3. The summed E-state index contributed by atoms with van der Waals surface area (Å²) in [7, 11) is 0. The maximum absolute atomic E-state index is 13.8. The molecule has 0 bridgehead atoms. The number of carboxylic acids is 1. The van der Waals surface area contributed by atoms with Gasteiger partial charge in [-0.3, -0.25) is 29.0 Å². The zero-order valence-electron chi connectivity index (χ0n) is 26.1. The van der Waals surface area contributed by atoms with Crippen LogP contribution in [0.3, 0.4) is 0 Å². The molecule has 1 saturated heterocycles. The second-order valence-electron chi connectivity index (χ2n) is 11.3. The predicted octanol–water partition coefficient (Wildman–Crippen LogP) is -3.51. The number of phenolic OH excluding ortho intramolecular Hbond substituents is 1. The van der Waals surface area contributed by atoms with Crippen molar-refractivity contribution in [2.45, 2.75) is 88.2 Å². The van der Waals surface area contributed by atoms with E-state index in [1.165, 1.54) is 36.1 Å². The molecule has 1 aliphatic rings. The molecule has 0 spiro atoms. The number of nitrogens with one attached hydrogen (secondary N) is 3. The molecule has 0 aromatic heterocycles. The number of carbonyl (C=O) groups excluding carboxylic acids is 5. The number of benzene rings is 1. The van der Waals surface area contributed by atoms with Crippen LogP contribution in [-0.4, -0.2) is 111 Å². The number of rotatable bonds is 18. The van der Waals surface area contributed by atoms with Crippen LogP contribution in [0.4, 0.5) is 0 Å². The van der Waals surface area contributed by atoms with E-state index in [0.29, 0.717) is 18.4 Å². The van der Waals surface area contributed by atoms with E-state index in [1.54, 1.807) is 0 Å². The molecule has 1 aliphatic heterocycles. The van der Waals surface area contributed by atoms with Crippen molar-refractivity contribution in [3.8, 4) is 5.75 Å². The summed E-state index contributed by atoms with van der Waals surface area (Å²) in [5.74, 6) is -5.37. The summed E-state index contributed by atoms with van der Waals surface area (Å²) >= 11 is 0. The van der Waals surface area contributed by atoms with Gasteiger partial charge >= 0.3 is 5.97 Å². The molecule has 5 amide bonds. The van der Waals surface area contributed by atoms with E-state index in [1.807, 2.05) is 0 Å². The number of hydrogen-bond acceptors (Lipinski definition) is 10. The number of carboxylic acid groups (broad SMARTS) is 1. The molecule has 0 radical (unpaired) electrons. The molecule has 260 valence electrons. The highest BCUT2D eigenvalue weighted by Gasteiger charge is 2.40. The lowest BCUT2D eigenvalue weighted by molar-refractivity contribution is -0.147. The normalized spacial score (nSPS) is 17.3. The predicted molar refractivity (Wildman–Crippen MR) is 168 cm³/mol. The summed E-state index contributed by atoms with van der Waals surface area (Å²) in [5, 5.41) is 36.2. The lowest BCUT2D eigenvalue weighted by Crippen LogP contribution is -2.59. The molecule has 47 heavy (non-hydrogen) atoms. The summed E-state index contributed by atoms with van der Waals surface area (Å²) in [6.07, 6.45) is -0.905. The number of aliphatic hydroxyl groups excluding tert-OH is 1. The average Bonchev–Trinajstić information content (AvgIpc) is 3.50. The first-order valence-electron chi connectivity index (χ1n) is 15.1. The van der Waals surface area contributed by atoms with Crippen molar-refractivity contribution in [1.29, 1.82) is 0 Å². The van der Waals surface area contributed by atoms with Gasteiger partial charge in [0.1, 0.15) is 23.9 Å². The van der Waals surface area contributed by atoms with E-state index >= 15 is 0 Å². The van der Waals surface area contributed by atoms with E-state index in [4.69, 9.17) is 22.9 Å². The van der Waals surface area contributed by atoms with Crippen molar-refractivity contribution >= 4 is 41.5 Å². The second kappa shape index (κ2) is 18.2. The molecule has 2 rings (SSSR count). The van der Waals surface area contributed by atoms with Gasteiger partial charge in [-0.25, -0.2) is 4.79 Å². The first-order chi connectivity index (χ1) is 22.1. The number of primary amides is 1.